The summed E-state index contributed by atoms with van der Waals surface area (Å²) in [4.78, 5) is 12.4. The van der Waals surface area contributed by atoms with Gasteiger partial charge in [0.05, 0.1) is 14.2 Å². The maximum atomic E-state index is 12.4. The predicted octanol–water partition coefficient (Wildman–Crippen LogP) is 3.19. The number of nitrogens with one attached hydrogen (secondary N) is 3. The monoisotopic (exact) mass is 401 g/mol. The number of carbonyl (C=O) groups excluding carboxylic acids is 1. The Kier molecular flexibility index (Phi) is 6.33. The van der Waals surface area contributed by atoms with Gasteiger partial charge in [-0.3, -0.25) is 4.79 Å². The summed E-state index contributed by atoms with van der Waals surface area (Å²) in [6, 6.07) is 12.7. The molecule has 0 aliphatic rings. The van der Waals surface area contributed by atoms with Crippen LogP contribution in [0.15, 0.2) is 42.5 Å². The molecule has 0 spiro atoms. The van der Waals surface area contributed by atoms with E-state index in [1.54, 1.807) is 38.5 Å². The lowest BCUT2D eigenvalue weighted by Crippen LogP contribution is -2.26. The fraction of sp³-hybridized carbons (Fsp3) is 0.211. The second kappa shape index (κ2) is 9.09. The number of H-pyrrole nitrogens is 1. The highest BCUT2D eigenvalue weighted by Crippen LogP contribution is 2.27. The average Bonchev–Trinajstić information content (AvgIpc) is 3.17. The van der Waals surface area contributed by atoms with E-state index in [9.17, 15) is 4.79 Å². The molecule has 0 fully saturated rings. The van der Waals surface area contributed by atoms with Crippen LogP contribution in [0.2, 0.25) is 5.02 Å². The number of halogens is 1. The number of aromatic nitrogens is 3. The molecule has 1 amide bonds. The minimum absolute atomic E-state index is 0.183. The van der Waals surface area contributed by atoms with E-state index in [2.05, 4.69) is 26.0 Å². The van der Waals surface area contributed by atoms with Crippen LogP contribution in [0.5, 0.6) is 11.5 Å². The van der Waals surface area contributed by atoms with E-state index in [1.165, 1.54) is 0 Å². The number of methoxy groups -OCH3 is 2. The van der Waals surface area contributed by atoms with Crippen LogP contribution in [-0.4, -0.2) is 42.1 Å². The number of ether oxygens (including phenoxy) is 2. The van der Waals surface area contributed by atoms with Gasteiger partial charge in [0.15, 0.2) is 23.0 Å². The molecule has 0 unspecified atom stereocenters. The Bertz CT molecular complexity index is 943. The van der Waals surface area contributed by atoms with Crippen LogP contribution in [0.25, 0.3) is 0 Å². The molecule has 0 bridgehead atoms. The molecule has 0 atom stereocenters. The van der Waals surface area contributed by atoms with Crippen molar-refractivity contribution in [2.45, 2.75) is 6.42 Å². The molecule has 3 rings (SSSR count). The minimum atomic E-state index is -0.328. The van der Waals surface area contributed by atoms with Gasteiger partial charge in [-0.1, -0.05) is 17.7 Å². The minimum Gasteiger partial charge on any atom is -0.493 e. The molecule has 0 saturated heterocycles. The second-order valence-corrected chi connectivity index (χ2v) is 6.28. The van der Waals surface area contributed by atoms with Gasteiger partial charge in [-0.05, 0) is 48.4 Å². The lowest BCUT2D eigenvalue weighted by Gasteiger charge is -2.10. The van der Waals surface area contributed by atoms with Crippen molar-refractivity contribution in [2.75, 3.05) is 26.1 Å². The number of amides is 1. The molecule has 3 aromatic rings. The Balaban J connectivity index is 1.58. The van der Waals surface area contributed by atoms with Crippen LogP contribution in [0.1, 0.15) is 16.1 Å². The zero-order valence-corrected chi connectivity index (χ0v) is 16.2. The molecular weight excluding hydrogens is 382 g/mol. The van der Waals surface area contributed by atoms with Crippen molar-refractivity contribution in [1.29, 1.82) is 0 Å². The normalized spacial score (nSPS) is 10.4. The molecule has 9 heteroatoms. The third-order valence-corrected chi connectivity index (χ3v) is 4.27. The first-order valence-corrected chi connectivity index (χ1v) is 8.91. The van der Waals surface area contributed by atoms with E-state index in [-0.39, 0.29) is 11.6 Å². The molecule has 0 aliphatic heterocycles. The molecule has 2 aromatic carbocycles. The lowest BCUT2D eigenvalue weighted by molar-refractivity contribution is 0.0950. The summed E-state index contributed by atoms with van der Waals surface area (Å²) in [6.07, 6.45) is 0.629. The van der Waals surface area contributed by atoms with Gasteiger partial charge in [0.2, 0.25) is 0 Å². The van der Waals surface area contributed by atoms with Gasteiger partial charge in [0.1, 0.15) is 0 Å². The van der Waals surface area contributed by atoms with Crippen LogP contribution >= 0.6 is 11.6 Å². The van der Waals surface area contributed by atoms with Crippen molar-refractivity contribution in [3.8, 4) is 11.5 Å². The van der Waals surface area contributed by atoms with E-state index in [1.807, 2.05) is 18.2 Å². The second-order valence-electron chi connectivity index (χ2n) is 5.85. The number of anilines is 2. The largest absolute Gasteiger partial charge is 0.493 e. The number of carbonyl (C=O) groups is 1. The van der Waals surface area contributed by atoms with Gasteiger partial charge in [-0.25, -0.2) is 0 Å². The van der Waals surface area contributed by atoms with Crippen molar-refractivity contribution in [2.24, 2.45) is 0 Å². The Morgan fingerprint density at radius 3 is 2.54 bits per heavy atom. The molecule has 0 saturated carbocycles. The van der Waals surface area contributed by atoms with Crippen LogP contribution in [0, 0.1) is 0 Å². The summed E-state index contributed by atoms with van der Waals surface area (Å²) in [5.41, 5.74) is 1.94. The SMILES string of the molecule is COc1ccc(CCNC(=O)c2n[nH]nc2Nc2ccc(Cl)cc2)cc1OC. The highest BCUT2D eigenvalue weighted by Gasteiger charge is 2.16. The topological polar surface area (TPSA) is 101 Å². The van der Waals surface area contributed by atoms with Crippen molar-refractivity contribution < 1.29 is 14.3 Å². The van der Waals surface area contributed by atoms with Gasteiger partial charge in [0, 0.05) is 17.3 Å². The summed E-state index contributed by atoms with van der Waals surface area (Å²) in [6.45, 7) is 0.432. The van der Waals surface area contributed by atoms with Crippen molar-refractivity contribution >= 4 is 29.0 Å². The Morgan fingerprint density at radius 1 is 1.07 bits per heavy atom. The van der Waals surface area contributed by atoms with Crippen molar-refractivity contribution in [1.82, 2.24) is 20.7 Å². The number of rotatable bonds is 8. The quantitative estimate of drug-likeness (QED) is 0.536. The summed E-state index contributed by atoms with van der Waals surface area (Å²) in [5.74, 6) is 1.32. The zero-order chi connectivity index (χ0) is 19.9. The summed E-state index contributed by atoms with van der Waals surface area (Å²) in [7, 11) is 3.18. The van der Waals surface area contributed by atoms with Gasteiger partial charge >= 0.3 is 0 Å². The maximum Gasteiger partial charge on any atom is 0.275 e. The Hall–Kier alpha value is -3.26. The van der Waals surface area contributed by atoms with E-state index in [0.717, 1.165) is 11.3 Å². The summed E-state index contributed by atoms with van der Waals surface area (Å²) in [5, 5.41) is 16.9. The molecule has 146 valence electrons. The average molecular weight is 402 g/mol. The van der Waals surface area contributed by atoms with E-state index >= 15 is 0 Å². The molecular formula is C19H20ClN5O3. The fourth-order valence-corrected chi connectivity index (χ4v) is 2.71. The van der Waals surface area contributed by atoms with Crippen molar-refractivity contribution in [3.63, 3.8) is 0 Å². The molecule has 1 aromatic heterocycles. The van der Waals surface area contributed by atoms with Gasteiger partial charge < -0.3 is 20.1 Å². The Morgan fingerprint density at radius 2 is 1.82 bits per heavy atom. The van der Waals surface area contributed by atoms with Crippen LogP contribution in [-0.2, 0) is 6.42 Å². The molecule has 0 aliphatic carbocycles. The van der Waals surface area contributed by atoms with Gasteiger partial charge in [0.25, 0.3) is 5.91 Å². The number of benzene rings is 2. The highest BCUT2D eigenvalue weighted by atomic mass is 35.5. The Labute approximate surface area is 167 Å². The smallest absolute Gasteiger partial charge is 0.275 e. The standard InChI is InChI=1S/C19H20ClN5O3/c1-27-15-8-3-12(11-16(15)28-2)9-10-21-19(26)17-18(24-25-23-17)22-14-6-4-13(20)5-7-14/h3-8,11H,9-10H2,1-2H3,(H,21,26)(H2,22,23,24,25). The first kappa shape index (κ1) is 19.5. The van der Waals surface area contributed by atoms with E-state index in [0.29, 0.717) is 35.3 Å². The molecule has 28 heavy (non-hydrogen) atoms. The third-order valence-electron chi connectivity index (χ3n) is 4.02. The molecule has 0 radical (unpaired) electrons. The van der Waals surface area contributed by atoms with Crippen LogP contribution in [0.3, 0.4) is 0 Å². The number of nitrogens with zero attached hydrogens (tertiary/aromatic N) is 2. The maximum absolute atomic E-state index is 12.4. The van der Waals surface area contributed by atoms with Crippen LogP contribution in [0.4, 0.5) is 11.5 Å². The molecule has 3 N–H and O–H groups in total. The van der Waals surface area contributed by atoms with Gasteiger partial charge in [-0.2, -0.15) is 5.21 Å². The summed E-state index contributed by atoms with van der Waals surface area (Å²) < 4.78 is 10.5. The van der Waals surface area contributed by atoms with E-state index in [4.69, 9.17) is 21.1 Å². The summed E-state index contributed by atoms with van der Waals surface area (Å²) >= 11 is 5.88. The van der Waals surface area contributed by atoms with E-state index < -0.39 is 0 Å². The molecule has 1 heterocycles. The van der Waals surface area contributed by atoms with Gasteiger partial charge in [-0.15, -0.1) is 10.2 Å². The first-order valence-electron chi connectivity index (χ1n) is 8.53. The number of aromatic amines is 1. The van der Waals surface area contributed by atoms with Crippen LogP contribution < -0.4 is 20.1 Å². The zero-order valence-electron chi connectivity index (χ0n) is 15.5. The fourth-order valence-electron chi connectivity index (χ4n) is 2.59. The lowest BCUT2D eigenvalue weighted by atomic mass is 10.1. The predicted molar refractivity (Wildman–Crippen MR) is 107 cm³/mol. The number of hydrogen-bond acceptors (Lipinski definition) is 6. The molecule has 8 nitrogen and oxygen atoms in total. The first-order chi connectivity index (χ1) is 13.6. The highest BCUT2D eigenvalue weighted by molar-refractivity contribution is 6.30. The van der Waals surface area contributed by atoms with Crippen molar-refractivity contribution in [3.05, 3.63) is 58.7 Å². The third kappa shape index (κ3) is 4.72. The number of hydrogen-bond donors (Lipinski definition) is 3.